The highest BCUT2D eigenvalue weighted by Crippen LogP contribution is 2.17. The molecular weight excluding hydrogens is 851 g/mol. The summed E-state index contributed by atoms with van der Waals surface area (Å²) in [4.78, 5) is 26.2. The number of esters is 1. The quantitative estimate of drug-likeness (QED) is 0.0321. The van der Waals surface area contributed by atoms with Gasteiger partial charge >= 0.3 is 5.97 Å². The van der Waals surface area contributed by atoms with E-state index >= 15 is 0 Å². The second-order valence-corrected chi connectivity index (χ2v) is 19.7. The SMILES string of the molecule is CC/C=C\C/C=C\C/C=C\C/C=C\C/C=C\C/C=C\C(CC(=O)NC(CO)C(O)CCCCCCCCCCCCCCCCCCC)OC(=O)CCCCCCC/C=C/CCCCCCCCC. The first-order valence-electron chi connectivity index (χ1n) is 29.3. The van der Waals surface area contributed by atoms with Gasteiger partial charge in [-0.05, 0) is 83.1 Å². The fourth-order valence-corrected chi connectivity index (χ4v) is 8.54. The molecule has 0 spiro atoms. The first-order valence-corrected chi connectivity index (χ1v) is 29.3. The van der Waals surface area contributed by atoms with Crippen LogP contribution >= 0.6 is 0 Å². The van der Waals surface area contributed by atoms with Gasteiger partial charge in [-0.1, -0.05) is 267 Å². The Kier molecular flexibility index (Phi) is 53.6. The molecule has 0 aromatic heterocycles. The Hall–Kier alpha value is -2.96. The van der Waals surface area contributed by atoms with Crippen LogP contribution in [0, 0.1) is 0 Å². The van der Waals surface area contributed by atoms with Gasteiger partial charge in [0.15, 0.2) is 0 Å². The molecular formula is C63H111NO5. The minimum atomic E-state index is -0.826. The molecule has 0 saturated carbocycles. The van der Waals surface area contributed by atoms with Crippen LogP contribution < -0.4 is 5.32 Å². The summed E-state index contributed by atoms with van der Waals surface area (Å²) >= 11 is 0. The third-order valence-corrected chi connectivity index (χ3v) is 13.0. The third-order valence-electron chi connectivity index (χ3n) is 13.0. The first kappa shape index (κ1) is 66.0. The number of ether oxygens (including phenoxy) is 1. The summed E-state index contributed by atoms with van der Waals surface area (Å²) in [5.74, 6) is -0.637. The molecule has 3 N–H and O–H groups in total. The van der Waals surface area contributed by atoms with Crippen LogP contribution in [0.5, 0.6) is 0 Å². The second kappa shape index (κ2) is 56.0. The number of nitrogens with one attached hydrogen (secondary N) is 1. The lowest BCUT2D eigenvalue weighted by Crippen LogP contribution is -2.46. The molecule has 0 aliphatic carbocycles. The van der Waals surface area contributed by atoms with E-state index in [9.17, 15) is 19.8 Å². The molecule has 0 aromatic carbocycles. The maximum absolute atomic E-state index is 13.2. The van der Waals surface area contributed by atoms with Crippen molar-refractivity contribution in [2.75, 3.05) is 6.61 Å². The number of rotatable bonds is 52. The van der Waals surface area contributed by atoms with E-state index in [1.165, 1.54) is 148 Å². The van der Waals surface area contributed by atoms with Crippen molar-refractivity contribution in [3.8, 4) is 0 Å². The van der Waals surface area contributed by atoms with E-state index in [0.29, 0.717) is 19.3 Å². The van der Waals surface area contributed by atoms with Crippen LogP contribution in [0.3, 0.4) is 0 Å². The van der Waals surface area contributed by atoms with Gasteiger partial charge in [0.2, 0.25) is 5.91 Å². The zero-order valence-electron chi connectivity index (χ0n) is 45.4. The zero-order valence-corrected chi connectivity index (χ0v) is 45.4. The molecule has 0 aromatic rings. The lowest BCUT2D eigenvalue weighted by molar-refractivity contribution is -0.148. The smallest absolute Gasteiger partial charge is 0.306 e. The molecule has 398 valence electrons. The summed E-state index contributed by atoms with van der Waals surface area (Å²) in [7, 11) is 0. The number of amides is 1. The minimum Gasteiger partial charge on any atom is -0.458 e. The lowest BCUT2D eigenvalue weighted by atomic mass is 10.0. The van der Waals surface area contributed by atoms with Crippen LogP contribution in [0.4, 0.5) is 0 Å². The molecule has 0 radical (unpaired) electrons. The standard InChI is InChI=1S/C63H111NO5/c1-4-7-10-13-16-19-22-25-28-31-33-36-39-42-45-48-51-54-59(69-63(68)56-53-50-47-44-41-38-35-30-27-24-21-18-15-12-9-6-3)57-62(67)64-60(58-65)61(66)55-52-49-46-43-40-37-34-32-29-26-23-20-17-14-11-8-5-2/h7,10,16,19,25,28,30,33,35-36,42,45,51,54,59-61,65-66H,4-6,8-9,11-15,17-18,20-24,26-27,29,31-32,34,37-41,43-44,46-50,52-53,55-58H2,1-3H3,(H,64,67)/b10-7-,19-16-,28-25-,35-30+,36-33-,45-42-,54-51-. The molecule has 0 saturated heterocycles. The fourth-order valence-electron chi connectivity index (χ4n) is 8.54. The van der Waals surface area contributed by atoms with Gasteiger partial charge in [0.25, 0.3) is 0 Å². The highest BCUT2D eigenvalue weighted by Gasteiger charge is 2.23. The van der Waals surface area contributed by atoms with E-state index in [4.69, 9.17) is 4.74 Å². The van der Waals surface area contributed by atoms with Crippen LogP contribution in [-0.2, 0) is 14.3 Å². The molecule has 0 fully saturated rings. The summed E-state index contributed by atoms with van der Waals surface area (Å²) in [5, 5.41) is 23.8. The Morgan fingerprint density at radius 3 is 1.22 bits per heavy atom. The minimum absolute atomic E-state index is 0.0528. The Bertz CT molecular complexity index is 1310. The van der Waals surface area contributed by atoms with E-state index in [2.05, 4.69) is 99.0 Å². The van der Waals surface area contributed by atoms with Gasteiger partial charge in [0, 0.05) is 6.42 Å². The number of carbonyl (C=O) groups is 2. The van der Waals surface area contributed by atoms with Gasteiger partial charge in [-0.25, -0.2) is 0 Å². The summed E-state index contributed by atoms with van der Waals surface area (Å²) in [6.07, 6.45) is 74.0. The molecule has 3 unspecified atom stereocenters. The average molecular weight is 963 g/mol. The number of hydrogen-bond donors (Lipinski definition) is 3. The van der Waals surface area contributed by atoms with Crippen LogP contribution in [-0.4, -0.2) is 46.9 Å². The van der Waals surface area contributed by atoms with E-state index in [1.807, 2.05) is 6.08 Å². The zero-order chi connectivity index (χ0) is 50.2. The van der Waals surface area contributed by atoms with Crippen molar-refractivity contribution in [2.45, 2.75) is 296 Å². The number of unbranched alkanes of at least 4 members (excludes halogenated alkanes) is 28. The van der Waals surface area contributed by atoms with Crippen LogP contribution in [0.1, 0.15) is 278 Å². The van der Waals surface area contributed by atoms with Crippen LogP contribution in [0.25, 0.3) is 0 Å². The summed E-state index contributed by atoms with van der Waals surface area (Å²) in [6.45, 7) is 6.35. The van der Waals surface area contributed by atoms with Crippen LogP contribution in [0.15, 0.2) is 85.1 Å². The van der Waals surface area contributed by atoms with Crippen molar-refractivity contribution >= 4 is 11.9 Å². The predicted octanol–water partition coefficient (Wildman–Crippen LogP) is 18.3. The van der Waals surface area contributed by atoms with Crippen molar-refractivity contribution in [3.63, 3.8) is 0 Å². The van der Waals surface area contributed by atoms with E-state index in [1.54, 1.807) is 6.08 Å². The second-order valence-electron chi connectivity index (χ2n) is 19.7. The van der Waals surface area contributed by atoms with Gasteiger partial charge in [-0.15, -0.1) is 0 Å². The van der Waals surface area contributed by atoms with Gasteiger partial charge < -0.3 is 20.3 Å². The van der Waals surface area contributed by atoms with E-state index < -0.39 is 18.2 Å². The van der Waals surface area contributed by atoms with Crippen molar-refractivity contribution < 1.29 is 24.5 Å². The van der Waals surface area contributed by atoms with E-state index in [0.717, 1.165) is 83.5 Å². The number of allylic oxidation sites excluding steroid dienone is 13. The lowest BCUT2D eigenvalue weighted by Gasteiger charge is -2.23. The van der Waals surface area contributed by atoms with Crippen molar-refractivity contribution in [3.05, 3.63) is 85.1 Å². The third kappa shape index (κ3) is 51.2. The average Bonchev–Trinajstić information content (AvgIpc) is 3.34. The maximum atomic E-state index is 13.2. The topological polar surface area (TPSA) is 95.9 Å². The number of aliphatic hydroxyl groups is 2. The van der Waals surface area contributed by atoms with Crippen molar-refractivity contribution in [1.82, 2.24) is 5.32 Å². The molecule has 0 aliphatic heterocycles. The maximum Gasteiger partial charge on any atom is 0.306 e. The summed E-state index contributed by atoms with van der Waals surface area (Å²) in [6, 6.07) is -0.749. The molecule has 6 heteroatoms. The van der Waals surface area contributed by atoms with Crippen molar-refractivity contribution in [2.24, 2.45) is 0 Å². The summed E-state index contributed by atoms with van der Waals surface area (Å²) in [5.41, 5.74) is 0. The first-order chi connectivity index (χ1) is 34.0. The Labute approximate surface area is 427 Å². The molecule has 0 heterocycles. The molecule has 0 rings (SSSR count). The highest BCUT2D eigenvalue weighted by atomic mass is 16.5. The van der Waals surface area contributed by atoms with Gasteiger partial charge in [0.1, 0.15) is 6.10 Å². The number of carbonyl (C=O) groups excluding carboxylic acids is 2. The molecule has 69 heavy (non-hydrogen) atoms. The molecule has 6 nitrogen and oxygen atoms in total. The van der Waals surface area contributed by atoms with Gasteiger partial charge in [0.05, 0.1) is 25.2 Å². The highest BCUT2D eigenvalue weighted by molar-refractivity contribution is 5.78. The number of hydrogen-bond acceptors (Lipinski definition) is 5. The summed E-state index contributed by atoms with van der Waals surface area (Å²) < 4.78 is 5.85. The largest absolute Gasteiger partial charge is 0.458 e. The fraction of sp³-hybridized carbons (Fsp3) is 0.746. The monoisotopic (exact) mass is 962 g/mol. The van der Waals surface area contributed by atoms with E-state index in [-0.39, 0.29) is 24.9 Å². The normalized spacial score (nSPS) is 13.8. The van der Waals surface area contributed by atoms with Gasteiger partial charge in [-0.2, -0.15) is 0 Å². The predicted molar refractivity (Wildman–Crippen MR) is 301 cm³/mol. The Balaban J connectivity index is 4.71. The Morgan fingerprint density at radius 2 is 0.812 bits per heavy atom. The van der Waals surface area contributed by atoms with Crippen LogP contribution in [0.2, 0.25) is 0 Å². The molecule has 0 bridgehead atoms. The number of aliphatic hydroxyl groups excluding tert-OH is 2. The Morgan fingerprint density at radius 1 is 0.449 bits per heavy atom. The van der Waals surface area contributed by atoms with Gasteiger partial charge in [-0.3, -0.25) is 9.59 Å². The van der Waals surface area contributed by atoms with Crippen molar-refractivity contribution in [1.29, 1.82) is 0 Å². The molecule has 1 amide bonds. The molecule has 3 atom stereocenters. The molecule has 0 aliphatic rings.